The first-order valence-electron chi connectivity index (χ1n) is 10.3. The first-order chi connectivity index (χ1) is 15.5. The third kappa shape index (κ3) is 4.67. The molecular weight excluding hydrogens is 436 g/mol. The summed E-state index contributed by atoms with van der Waals surface area (Å²) in [6.07, 6.45) is -0.276. The van der Waals surface area contributed by atoms with Gasteiger partial charge in [0.1, 0.15) is 17.7 Å². The largest absolute Gasteiger partial charge is 0.448 e. The van der Waals surface area contributed by atoms with Crippen molar-refractivity contribution in [1.82, 2.24) is 5.32 Å². The van der Waals surface area contributed by atoms with E-state index in [1.54, 1.807) is 48.5 Å². The summed E-state index contributed by atoms with van der Waals surface area (Å²) in [5.74, 6) is -1.88. The van der Waals surface area contributed by atoms with Crippen LogP contribution in [0.1, 0.15) is 27.9 Å². The van der Waals surface area contributed by atoms with Crippen LogP contribution < -0.4 is 5.32 Å². The molecule has 1 aliphatic heterocycles. The number of benzene rings is 3. The Bertz CT molecular complexity index is 1060. The van der Waals surface area contributed by atoms with E-state index in [0.717, 1.165) is 0 Å². The number of hydrogen-bond donors (Lipinski definition) is 1. The van der Waals surface area contributed by atoms with E-state index in [9.17, 15) is 13.6 Å². The van der Waals surface area contributed by atoms with Crippen LogP contribution in [0.25, 0.3) is 0 Å². The molecule has 3 aromatic carbocycles. The van der Waals surface area contributed by atoms with E-state index < -0.39 is 29.3 Å². The van der Waals surface area contributed by atoms with Gasteiger partial charge in [-0.1, -0.05) is 48.0 Å². The maximum absolute atomic E-state index is 14.2. The molecule has 2 unspecified atom stereocenters. The monoisotopic (exact) mass is 457 g/mol. The number of rotatable bonds is 6. The molecule has 1 N–H and O–H groups in total. The third-order valence-electron chi connectivity index (χ3n) is 5.63. The van der Waals surface area contributed by atoms with Gasteiger partial charge in [0.25, 0.3) is 0 Å². The molecule has 1 aliphatic rings. The number of carbonyl (C=O) groups is 1. The normalized spacial score (nSPS) is 20.7. The second-order valence-corrected chi connectivity index (χ2v) is 8.04. The maximum Gasteiger partial charge on any atom is 0.339 e. The van der Waals surface area contributed by atoms with Crippen LogP contribution in [0.4, 0.5) is 8.78 Å². The van der Waals surface area contributed by atoms with E-state index >= 15 is 0 Å². The Morgan fingerprint density at radius 1 is 1.00 bits per heavy atom. The first-order valence-corrected chi connectivity index (χ1v) is 10.7. The minimum absolute atomic E-state index is 0.169. The Hall–Kier alpha value is -2.80. The minimum atomic E-state index is -1.16. The van der Waals surface area contributed by atoms with E-state index in [2.05, 4.69) is 5.32 Å². The van der Waals surface area contributed by atoms with Gasteiger partial charge in [-0.05, 0) is 48.5 Å². The molecule has 1 saturated heterocycles. The van der Waals surface area contributed by atoms with Gasteiger partial charge in [0, 0.05) is 23.6 Å². The molecular formula is C25H22ClF2NO3. The molecule has 0 amide bonds. The van der Waals surface area contributed by atoms with Crippen LogP contribution in [0.3, 0.4) is 0 Å². The molecule has 3 aromatic rings. The minimum Gasteiger partial charge on any atom is -0.448 e. The molecule has 32 heavy (non-hydrogen) atoms. The topological polar surface area (TPSA) is 47.6 Å². The molecule has 7 heteroatoms. The summed E-state index contributed by atoms with van der Waals surface area (Å²) in [6.45, 7) is 0.600. The zero-order valence-electron chi connectivity index (χ0n) is 17.2. The van der Waals surface area contributed by atoms with Crippen LogP contribution in [-0.2, 0) is 21.7 Å². The van der Waals surface area contributed by atoms with Crippen LogP contribution in [0.15, 0.2) is 72.8 Å². The second kappa shape index (κ2) is 9.77. The average molecular weight is 458 g/mol. The summed E-state index contributed by atoms with van der Waals surface area (Å²) < 4.78 is 40.5. The second-order valence-electron chi connectivity index (χ2n) is 7.61. The Kier molecular flexibility index (Phi) is 6.84. The van der Waals surface area contributed by atoms with Crippen LogP contribution in [0, 0.1) is 11.6 Å². The van der Waals surface area contributed by atoms with Gasteiger partial charge in [0.15, 0.2) is 5.60 Å². The van der Waals surface area contributed by atoms with Crippen molar-refractivity contribution in [1.29, 1.82) is 0 Å². The van der Waals surface area contributed by atoms with Crippen molar-refractivity contribution in [3.05, 3.63) is 106 Å². The SMILES string of the molecule is O=C(OC1(c2ccc(Cl)cc2)CCNCC1OCc1c(F)cccc1F)c1ccccc1. The molecule has 0 bridgehead atoms. The number of ether oxygens (including phenoxy) is 2. The van der Waals surface area contributed by atoms with Crippen molar-refractivity contribution in [3.63, 3.8) is 0 Å². The molecule has 1 fully saturated rings. The van der Waals surface area contributed by atoms with Crippen molar-refractivity contribution in [3.8, 4) is 0 Å². The highest BCUT2D eigenvalue weighted by Gasteiger charge is 2.47. The highest BCUT2D eigenvalue weighted by molar-refractivity contribution is 6.30. The molecule has 4 rings (SSSR count). The standard InChI is InChI=1S/C25H22ClF2NO3/c26-19-11-9-18(10-12-19)25(32-24(30)17-5-2-1-3-6-17)13-14-29-15-23(25)31-16-20-21(27)7-4-8-22(20)28/h1-12,23,29H,13-16H2. The van der Waals surface area contributed by atoms with E-state index in [4.69, 9.17) is 21.1 Å². The molecule has 4 nitrogen and oxygen atoms in total. The quantitative estimate of drug-likeness (QED) is 0.514. The molecule has 0 aromatic heterocycles. The van der Waals surface area contributed by atoms with Gasteiger partial charge in [-0.15, -0.1) is 0 Å². The highest BCUT2D eigenvalue weighted by atomic mass is 35.5. The summed E-state index contributed by atoms with van der Waals surface area (Å²) in [5.41, 5.74) is -0.229. The zero-order valence-corrected chi connectivity index (χ0v) is 17.9. The molecule has 0 saturated carbocycles. The number of hydrogen-bond acceptors (Lipinski definition) is 4. The van der Waals surface area contributed by atoms with E-state index in [-0.39, 0.29) is 12.2 Å². The fourth-order valence-corrected chi connectivity index (χ4v) is 4.04. The van der Waals surface area contributed by atoms with E-state index in [1.807, 2.05) is 6.07 Å². The first kappa shape index (κ1) is 22.4. The third-order valence-corrected chi connectivity index (χ3v) is 5.88. The number of esters is 1. The lowest BCUT2D eigenvalue weighted by atomic mass is 9.82. The lowest BCUT2D eigenvalue weighted by molar-refractivity contribution is -0.141. The number of halogens is 3. The zero-order chi connectivity index (χ0) is 22.6. The number of carbonyl (C=O) groups excluding carboxylic acids is 1. The lowest BCUT2D eigenvalue weighted by Gasteiger charge is -2.43. The van der Waals surface area contributed by atoms with Gasteiger partial charge in [-0.3, -0.25) is 0 Å². The molecule has 0 radical (unpaired) electrons. The fourth-order valence-electron chi connectivity index (χ4n) is 3.92. The predicted molar refractivity (Wildman–Crippen MR) is 117 cm³/mol. The van der Waals surface area contributed by atoms with Crippen molar-refractivity contribution >= 4 is 17.6 Å². The fraction of sp³-hybridized carbons (Fsp3) is 0.240. The van der Waals surface area contributed by atoms with Crippen molar-refractivity contribution in [2.45, 2.75) is 24.7 Å². The van der Waals surface area contributed by atoms with Gasteiger partial charge in [-0.2, -0.15) is 0 Å². The van der Waals surface area contributed by atoms with Crippen molar-refractivity contribution in [2.24, 2.45) is 0 Å². The van der Waals surface area contributed by atoms with E-state index in [0.29, 0.717) is 35.7 Å². The van der Waals surface area contributed by atoms with Crippen LogP contribution >= 0.6 is 11.6 Å². The summed E-state index contributed by atoms with van der Waals surface area (Å²) >= 11 is 6.08. The molecule has 166 valence electrons. The average Bonchev–Trinajstić information content (AvgIpc) is 2.80. The smallest absolute Gasteiger partial charge is 0.339 e. The summed E-state index contributed by atoms with van der Waals surface area (Å²) in [7, 11) is 0. The summed E-state index contributed by atoms with van der Waals surface area (Å²) in [5, 5.41) is 3.76. The molecule has 2 atom stereocenters. The lowest BCUT2D eigenvalue weighted by Crippen LogP contribution is -2.55. The van der Waals surface area contributed by atoms with Gasteiger partial charge >= 0.3 is 5.97 Å². The highest BCUT2D eigenvalue weighted by Crippen LogP contribution is 2.38. The van der Waals surface area contributed by atoms with E-state index in [1.165, 1.54) is 18.2 Å². The Labute approximate surface area is 190 Å². The van der Waals surface area contributed by atoms with Crippen LogP contribution in [0.5, 0.6) is 0 Å². The number of nitrogens with one attached hydrogen (secondary N) is 1. The molecule has 1 heterocycles. The van der Waals surface area contributed by atoms with Gasteiger partial charge < -0.3 is 14.8 Å². The summed E-state index contributed by atoms with van der Waals surface area (Å²) in [6, 6.07) is 19.3. The molecule has 0 spiro atoms. The maximum atomic E-state index is 14.2. The van der Waals surface area contributed by atoms with Gasteiger partial charge in [0.2, 0.25) is 0 Å². The number of piperidine rings is 1. The predicted octanol–water partition coefficient (Wildman–Crippen LogP) is 5.25. The Morgan fingerprint density at radius 2 is 1.69 bits per heavy atom. The Balaban J connectivity index is 1.68. The summed E-state index contributed by atoms with van der Waals surface area (Å²) in [4.78, 5) is 13.0. The van der Waals surface area contributed by atoms with Crippen LogP contribution in [0.2, 0.25) is 5.02 Å². The van der Waals surface area contributed by atoms with Crippen molar-refractivity contribution in [2.75, 3.05) is 13.1 Å². The Morgan fingerprint density at radius 3 is 2.38 bits per heavy atom. The van der Waals surface area contributed by atoms with Crippen LogP contribution in [-0.4, -0.2) is 25.2 Å². The van der Waals surface area contributed by atoms with Crippen molar-refractivity contribution < 1.29 is 23.0 Å². The van der Waals surface area contributed by atoms with Gasteiger partial charge in [0.05, 0.1) is 12.2 Å². The van der Waals surface area contributed by atoms with Gasteiger partial charge in [-0.25, -0.2) is 13.6 Å². The molecule has 0 aliphatic carbocycles.